The number of rotatable bonds is 6. The van der Waals surface area contributed by atoms with Crippen LogP contribution in [-0.2, 0) is 16.4 Å². The Balaban J connectivity index is 1.34. The number of hydrogen-bond donors (Lipinski definition) is 1. The van der Waals surface area contributed by atoms with Crippen molar-refractivity contribution in [2.24, 2.45) is 0 Å². The van der Waals surface area contributed by atoms with Crippen LogP contribution in [0.1, 0.15) is 11.5 Å². The van der Waals surface area contributed by atoms with Crippen LogP contribution < -0.4 is 14.2 Å². The molecular weight excluding hydrogens is 426 g/mol. The Hall–Kier alpha value is -3.37. The van der Waals surface area contributed by atoms with Crippen LogP contribution in [0.25, 0.3) is 11.5 Å². The van der Waals surface area contributed by atoms with E-state index in [4.69, 9.17) is 13.9 Å². The largest absolute Gasteiger partial charge is 0.454 e. The number of benzene rings is 2. The summed E-state index contributed by atoms with van der Waals surface area (Å²) in [7, 11) is -3.63. The Morgan fingerprint density at radius 3 is 2.77 bits per heavy atom. The summed E-state index contributed by atoms with van der Waals surface area (Å²) in [5, 5.41) is 9.91. The molecule has 0 bridgehead atoms. The van der Waals surface area contributed by atoms with Gasteiger partial charge in [0.05, 0.1) is 6.42 Å². The highest BCUT2D eigenvalue weighted by Gasteiger charge is 2.17. The molecule has 4 aromatic rings. The van der Waals surface area contributed by atoms with Gasteiger partial charge in [0, 0.05) is 11.3 Å². The van der Waals surface area contributed by atoms with Crippen LogP contribution in [0, 0.1) is 0 Å². The second-order valence-corrected chi connectivity index (χ2v) is 9.34. The number of nitrogens with zero attached hydrogens (tertiary/aromatic N) is 2. The first-order chi connectivity index (χ1) is 14.6. The summed E-state index contributed by atoms with van der Waals surface area (Å²) in [6.07, 6.45) is 0.439. The van der Waals surface area contributed by atoms with Crippen LogP contribution in [0.4, 0.5) is 5.69 Å². The van der Waals surface area contributed by atoms with Crippen molar-refractivity contribution in [2.45, 2.75) is 10.6 Å². The van der Waals surface area contributed by atoms with Gasteiger partial charge in [-0.1, -0.05) is 18.2 Å². The third-order valence-corrected chi connectivity index (χ3v) is 7.16. The van der Waals surface area contributed by atoms with E-state index in [-0.39, 0.29) is 11.0 Å². The molecule has 0 amide bonds. The molecule has 1 aliphatic rings. The van der Waals surface area contributed by atoms with Gasteiger partial charge >= 0.3 is 0 Å². The molecule has 3 heterocycles. The van der Waals surface area contributed by atoms with Crippen molar-refractivity contribution < 1.29 is 22.3 Å². The smallest absolute Gasteiger partial charge is 0.271 e. The molecule has 0 radical (unpaired) electrons. The third-order valence-electron chi connectivity index (χ3n) is 4.38. The van der Waals surface area contributed by atoms with Gasteiger partial charge in [-0.05, 0) is 47.3 Å². The molecule has 152 valence electrons. The molecule has 0 spiro atoms. The number of hydrogen-bond acceptors (Lipinski definition) is 8. The van der Waals surface area contributed by atoms with Gasteiger partial charge in [0.1, 0.15) is 4.21 Å². The van der Waals surface area contributed by atoms with Crippen molar-refractivity contribution in [3.8, 4) is 23.0 Å². The van der Waals surface area contributed by atoms with Gasteiger partial charge in [0.25, 0.3) is 10.0 Å². The number of nitrogens with one attached hydrogen (secondary N) is 1. The van der Waals surface area contributed by atoms with Crippen LogP contribution >= 0.6 is 11.3 Å². The predicted molar refractivity (Wildman–Crippen MR) is 110 cm³/mol. The van der Waals surface area contributed by atoms with E-state index in [9.17, 15) is 8.42 Å². The van der Waals surface area contributed by atoms with E-state index >= 15 is 0 Å². The second-order valence-electron chi connectivity index (χ2n) is 6.48. The lowest BCUT2D eigenvalue weighted by molar-refractivity contribution is 0.174. The normalized spacial score (nSPS) is 12.8. The molecule has 0 aliphatic carbocycles. The highest BCUT2D eigenvalue weighted by atomic mass is 32.2. The predicted octanol–water partition coefficient (Wildman–Crippen LogP) is 3.92. The standard InChI is InChI=1S/C20H15N3O5S2/c24-30(25,19-5-2-8-29-19)23-15-4-1-3-14(11-15)20-22-21-18(28-20)10-13-6-7-16-17(9-13)27-12-26-16/h1-9,11,23H,10,12H2. The average molecular weight is 441 g/mol. The first kappa shape index (κ1) is 18.6. The Morgan fingerprint density at radius 1 is 1.00 bits per heavy atom. The summed E-state index contributed by atoms with van der Waals surface area (Å²) in [4.78, 5) is 0. The average Bonchev–Trinajstić information content (AvgIpc) is 3.49. The second kappa shape index (κ2) is 7.47. The van der Waals surface area contributed by atoms with E-state index in [2.05, 4.69) is 14.9 Å². The van der Waals surface area contributed by atoms with E-state index in [0.29, 0.717) is 41.0 Å². The summed E-state index contributed by atoms with van der Waals surface area (Å²) in [6.45, 7) is 0.218. The molecule has 0 unspecified atom stereocenters. The summed E-state index contributed by atoms with van der Waals surface area (Å²) < 4.78 is 44.2. The molecule has 0 saturated heterocycles. The minimum absolute atomic E-state index is 0.218. The molecule has 5 rings (SSSR count). The molecule has 0 fully saturated rings. The lowest BCUT2D eigenvalue weighted by Gasteiger charge is -2.07. The lowest BCUT2D eigenvalue weighted by Crippen LogP contribution is -2.11. The number of fused-ring (bicyclic) bond motifs is 1. The van der Waals surface area contributed by atoms with E-state index in [0.717, 1.165) is 16.9 Å². The van der Waals surface area contributed by atoms with Crippen LogP contribution in [-0.4, -0.2) is 25.4 Å². The zero-order valence-electron chi connectivity index (χ0n) is 15.4. The summed E-state index contributed by atoms with van der Waals surface area (Å²) in [5.74, 6) is 2.15. The molecule has 30 heavy (non-hydrogen) atoms. The SMILES string of the molecule is O=S(=O)(Nc1cccc(-c2nnc(Cc3ccc4c(c3)OCO4)o2)c1)c1cccs1. The topological polar surface area (TPSA) is 104 Å². The van der Waals surface area contributed by atoms with Crippen molar-refractivity contribution in [3.05, 3.63) is 71.4 Å². The number of anilines is 1. The van der Waals surface area contributed by atoms with Gasteiger partial charge in [-0.2, -0.15) is 0 Å². The lowest BCUT2D eigenvalue weighted by atomic mass is 10.1. The van der Waals surface area contributed by atoms with Crippen LogP contribution in [0.2, 0.25) is 0 Å². The maximum absolute atomic E-state index is 12.4. The fraction of sp³-hybridized carbons (Fsp3) is 0.100. The fourth-order valence-corrected chi connectivity index (χ4v) is 5.05. The van der Waals surface area contributed by atoms with Crippen molar-refractivity contribution in [1.29, 1.82) is 0 Å². The molecular formula is C20H15N3O5S2. The Bertz CT molecular complexity index is 1300. The first-order valence-electron chi connectivity index (χ1n) is 8.94. The molecule has 1 aliphatic heterocycles. The van der Waals surface area contributed by atoms with Crippen molar-refractivity contribution in [2.75, 3.05) is 11.5 Å². The number of thiophene rings is 1. The highest BCUT2D eigenvalue weighted by molar-refractivity contribution is 7.94. The minimum atomic E-state index is -3.63. The third kappa shape index (κ3) is 3.74. The summed E-state index contributed by atoms with van der Waals surface area (Å²) in [6, 6.07) is 15.7. The van der Waals surface area contributed by atoms with Gasteiger partial charge < -0.3 is 13.9 Å². The van der Waals surface area contributed by atoms with Gasteiger partial charge in [0.15, 0.2) is 11.5 Å². The number of ether oxygens (including phenoxy) is 2. The van der Waals surface area contributed by atoms with Crippen molar-refractivity contribution in [3.63, 3.8) is 0 Å². The van der Waals surface area contributed by atoms with E-state index < -0.39 is 10.0 Å². The molecule has 0 saturated carbocycles. The number of sulfonamides is 1. The molecule has 2 aromatic heterocycles. The maximum atomic E-state index is 12.4. The fourth-order valence-electron chi connectivity index (χ4n) is 3.00. The zero-order chi connectivity index (χ0) is 20.6. The summed E-state index contributed by atoms with van der Waals surface area (Å²) >= 11 is 1.15. The molecule has 0 atom stereocenters. The molecule has 8 nitrogen and oxygen atoms in total. The van der Waals surface area contributed by atoms with Gasteiger partial charge in [-0.3, -0.25) is 4.72 Å². The number of aromatic nitrogens is 2. The van der Waals surface area contributed by atoms with E-state index in [1.165, 1.54) is 0 Å². The maximum Gasteiger partial charge on any atom is 0.271 e. The molecule has 1 N–H and O–H groups in total. The van der Waals surface area contributed by atoms with E-state index in [1.807, 2.05) is 18.2 Å². The zero-order valence-corrected chi connectivity index (χ0v) is 17.1. The Kier molecular flexibility index (Phi) is 4.64. The summed E-state index contributed by atoms with van der Waals surface area (Å²) in [5.41, 5.74) is 1.98. The van der Waals surface area contributed by atoms with Crippen LogP contribution in [0.5, 0.6) is 11.5 Å². The van der Waals surface area contributed by atoms with Crippen LogP contribution in [0.15, 0.2) is 68.6 Å². The van der Waals surface area contributed by atoms with E-state index in [1.54, 1.807) is 41.8 Å². The van der Waals surface area contributed by atoms with Gasteiger partial charge in [-0.25, -0.2) is 8.42 Å². The van der Waals surface area contributed by atoms with Crippen molar-refractivity contribution >= 4 is 27.0 Å². The molecule has 2 aromatic carbocycles. The molecule has 10 heteroatoms. The minimum Gasteiger partial charge on any atom is -0.454 e. The Labute approximate surface area is 176 Å². The van der Waals surface area contributed by atoms with Crippen LogP contribution in [0.3, 0.4) is 0 Å². The quantitative estimate of drug-likeness (QED) is 0.484. The van der Waals surface area contributed by atoms with Crippen molar-refractivity contribution in [1.82, 2.24) is 10.2 Å². The highest BCUT2D eigenvalue weighted by Crippen LogP contribution is 2.33. The van der Waals surface area contributed by atoms with Gasteiger partial charge in [0.2, 0.25) is 18.6 Å². The Morgan fingerprint density at radius 2 is 1.90 bits per heavy atom. The monoisotopic (exact) mass is 441 g/mol. The first-order valence-corrected chi connectivity index (χ1v) is 11.3. The van der Waals surface area contributed by atoms with Gasteiger partial charge in [-0.15, -0.1) is 21.5 Å².